The molecule has 1 amide bonds. The minimum atomic E-state index is -3.51. The van der Waals surface area contributed by atoms with Gasteiger partial charge in [-0.3, -0.25) is 4.79 Å². The molecule has 1 aliphatic rings. The third kappa shape index (κ3) is 3.70. The first-order chi connectivity index (χ1) is 14.4. The normalized spacial score (nSPS) is 15.3. The Morgan fingerprint density at radius 3 is 2.40 bits per heavy atom. The number of fused-ring (bicyclic) bond motifs is 1. The number of rotatable bonds is 4. The van der Waals surface area contributed by atoms with Gasteiger partial charge in [-0.25, -0.2) is 13.2 Å². The maximum Gasteiger partial charge on any atom is 0.349 e. The molecule has 0 radical (unpaired) electrons. The van der Waals surface area contributed by atoms with E-state index in [9.17, 15) is 18.0 Å². The number of amides is 1. The van der Waals surface area contributed by atoms with E-state index in [0.717, 1.165) is 0 Å². The summed E-state index contributed by atoms with van der Waals surface area (Å²) in [6.07, 6.45) is 0.609. The van der Waals surface area contributed by atoms with Gasteiger partial charge in [0, 0.05) is 18.5 Å². The summed E-state index contributed by atoms with van der Waals surface area (Å²) in [7, 11) is -1.99. The molecule has 3 aromatic rings. The number of nitrogens with zero attached hydrogens (tertiary/aromatic N) is 1. The molecule has 4 rings (SSSR count). The molecule has 30 heavy (non-hydrogen) atoms. The average molecular weight is 427 g/mol. The summed E-state index contributed by atoms with van der Waals surface area (Å²) in [5.74, 6) is 0.151. The van der Waals surface area contributed by atoms with Crippen molar-refractivity contribution >= 4 is 26.7 Å². The molecular formula is C22H21NO6S. The van der Waals surface area contributed by atoms with Crippen LogP contribution >= 0.6 is 0 Å². The molecule has 0 unspecified atom stereocenters. The fraction of sp³-hybridized carbons (Fsp3) is 0.273. The maximum atomic E-state index is 12.9. The first-order valence-electron chi connectivity index (χ1n) is 9.60. The predicted octanol–water partition coefficient (Wildman–Crippen LogP) is 2.88. The van der Waals surface area contributed by atoms with Gasteiger partial charge in [-0.2, -0.15) is 0 Å². The van der Waals surface area contributed by atoms with Gasteiger partial charge in [0.05, 0.1) is 17.3 Å². The van der Waals surface area contributed by atoms with Crippen LogP contribution in [0.3, 0.4) is 0 Å². The number of hydrogen-bond donors (Lipinski definition) is 0. The minimum absolute atomic E-state index is 0.0369. The molecule has 0 atom stereocenters. The Bertz CT molecular complexity index is 1240. The minimum Gasteiger partial charge on any atom is -0.497 e. The van der Waals surface area contributed by atoms with Crippen molar-refractivity contribution in [1.29, 1.82) is 0 Å². The SMILES string of the molecule is COc1ccc(S(=O)(=O)C2CCN(C(=O)c3cc4ccccc4oc3=O)CC2)cc1. The Balaban J connectivity index is 1.49. The third-order valence-electron chi connectivity index (χ3n) is 5.43. The van der Waals surface area contributed by atoms with E-state index in [4.69, 9.17) is 9.15 Å². The van der Waals surface area contributed by atoms with E-state index in [1.807, 2.05) is 0 Å². The lowest BCUT2D eigenvalue weighted by molar-refractivity contribution is 0.0721. The monoisotopic (exact) mass is 427 g/mol. The van der Waals surface area contributed by atoms with Crippen LogP contribution in [0.4, 0.5) is 0 Å². The molecule has 0 bridgehead atoms. The van der Waals surface area contributed by atoms with Crippen LogP contribution in [0.15, 0.2) is 68.7 Å². The Morgan fingerprint density at radius 1 is 1.07 bits per heavy atom. The number of benzene rings is 2. The summed E-state index contributed by atoms with van der Waals surface area (Å²) >= 11 is 0. The molecule has 0 spiro atoms. The van der Waals surface area contributed by atoms with E-state index in [2.05, 4.69) is 0 Å². The Kier molecular flexibility index (Phi) is 5.34. The molecule has 0 saturated carbocycles. The summed E-state index contributed by atoms with van der Waals surface area (Å²) in [6, 6.07) is 14.8. The summed E-state index contributed by atoms with van der Waals surface area (Å²) in [4.78, 5) is 26.9. The zero-order chi connectivity index (χ0) is 21.3. The number of hydrogen-bond acceptors (Lipinski definition) is 6. The number of sulfone groups is 1. The van der Waals surface area contributed by atoms with Crippen LogP contribution in [0.2, 0.25) is 0 Å². The summed E-state index contributed by atoms with van der Waals surface area (Å²) in [5.41, 5.74) is -0.305. The van der Waals surface area contributed by atoms with Crippen LogP contribution in [0.5, 0.6) is 5.75 Å². The first-order valence-corrected chi connectivity index (χ1v) is 11.1. The van der Waals surface area contributed by atoms with Gasteiger partial charge in [0.15, 0.2) is 9.84 Å². The van der Waals surface area contributed by atoms with Crippen molar-refractivity contribution in [2.24, 2.45) is 0 Å². The Labute approximate surface area is 173 Å². The van der Waals surface area contributed by atoms with E-state index in [-0.39, 0.29) is 23.5 Å². The van der Waals surface area contributed by atoms with Crippen LogP contribution in [0.1, 0.15) is 23.2 Å². The second-order valence-corrected chi connectivity index (χ2v) is 9.43. The smallest absolute Gasteiger partial charge is 0.349 e. The molecule has 1 aromatic heterocycles. The van der Waals surface area contributed by atoms with Crippen LogP contribution in [-0.4, -0.2) is 44.7 Å². The lowest BCUT2D eigenvalue weighted by Crippen LogP contribution is -2.43. The van der Waals surface area contributed by atoms with E-state index < -0.39 is 26.6 Å². The van der Waals surface area contributed by atoms with Gasteiger partial charge in [-0.05, 0) is 49.2 Å². The van der Waals surface area contributed by atoms with Gasteiger partial charge in [-0.1, -0.05) is 18.2 Å². The van der Waals surface area contributed by atoms with Crippen LogP contribution in [-0.2, 0) is 9.84 Å². The van der Waals surface area contributed by atoms with Crippen molar-refractivity contribution in [2.75, 3.05) is 20.2 Å². The zero-order valence-corrected chi connectivity index (χ0v) is 17.2. The van der Waals surface area contributed by atoms with Crippen molar-refractivity contribution < 1.29 is 22.4 Å². The molecule has 8 heteroatoms. The summed E-state index contributed by atoms with van der Waals surface area (Å²) in [6.45, 7) is 0.510. The lowest BCUT2D eigenvalue weighted by Gasteiger charge is -2.31. The number of methoxy groups -OCH3 is 1. The van der Waals surface area contributed by atoms with Crippen molar-refractivity contribution in [1.82, 2.24) is 4.90 Å². The maximum absolute atomic E-state index is 12.9. The zero-order valence-electron chi connectivity index (χ0n) is 16.4. The second kappa shape index (κ2) is 7.95. The highest BCUT2D eigenvalue weighted by molar-refractivity contribution is 7.92. The molecule has 2 aromatic carbocycles. The number of piperidine rings is 1. The van der Waals surface area contributed by atoms with Gasteiger partial charge >= 0.3 is 5.63 Å². The number of likely N-dealkylation sites (tertiary alicyclic amines) is 1. The first kappa shape index (κ1) is 20.2. The molecular weight excluding hydrogens is 406 g/mol. The van der Waals surface area contributed by atoms with Crippen LogP contribution in [0.25, 0.3) is 11.0 Å². The molecule has 1 aliphatic heterocycles. The van der Waals surface area contributed by atoms with Crippen LogP contribution in [0, 0.1) is 0 Å². The predicted molar refractivity (Wildman–Crippen MR) is 112 cm³/mol. The van der Waals surface area contributed by atoms with E-state index >= 15 is 0 Å². The van der Waals surface area contributed by atoms with Crippen molar-refractivity contribution in [3.8, 4) is 5.75 Å². The average Bonchev–Trinajstić information content (AvgIpc) is 2.78. The topological polar surface area (TPSA) is 93.9 Å². The molecule has 2 heterocycles. The van der Waals surface area contributed by atoms with E-state index in [0.29, 0.717) is 29.6 Å². The van der Waals surface area contributed by atoms with E-state index in [1.54, 1.807) is 36.4 Å². The number of carbonyl (C=O) groups excluding carboxylic acids is 1. The van der Waals surface area contributed by atoms with E-state index in [1.165, 1.54) is 30.2 Å². The molecule has 1 saturated heterocycles. The highest BCUT2D eigenvalue weighted by atomic mass is 32.2. The quantitative estimate of drug-likeness (QED) is 0.595. The number of carbonyl (C=O) groups is 1. The van der Waals surface area contributed by atoms with Crippen molar-refractivity contribution in [3.63, 3.8) is 0 Å². The highest BCUT2D eigenvalue weighted by Gasteiger charge is 2.33. The summed E-state index contributed by atoms with van der Waals surface area (Å²) < 4.78 is 36.2. The van der Waals surface area contributed by atoms with Crippen molar-refractivity contribution in [3.05, 3.63) is 70.6 Å². The Morgan fingerprint density at radius 2 is 1.73 bits per heavy atom. The second-order valence-electron chi connectivity index (χ2n) is 7.20. The van der Waals surface area contributed by atoms with Gasteiger partial charge in [0.25, 0.3) is 5.91 Å². The van der Waals surface area contributed by atoms with Gasteiger partial charge in [0.1, 0.15) is 16.9 Å². The van der Waals surface area contributed by atoms with Crippen LogP contribution < -0.4 is 10.4 Å². The number of ether oxygens (including phenoxy) is 1. The molecule has 0 N–H and O–H groups in total. The highest BCUT2D eigenvalue weighted by Crippen LogP contribution is 2.26. The molecule has 7 nitrogen and oxygen atoms in total. The molecule has 1 fully saturated rings. The van der Waals surface area contributed by atoms with Crippen molar-refractivity contribution in [2.45, 2.75) is 23.0 Å². The number of para-hydroxylation sites is 1. The fourth-order valence-electron chi connectivity index (χ4n) is 3.71. The standard InChI is InChI=1S/C22H21NO6S/c1-28-16-6-8-17(9-7-16)30(26,27)18-10-12-23(13-11-18)21(24)19-14-15-4-2-3-5-20(15)29-22(19)25/h2-9,14,18H,10-13H2,1H3. The van der Waals surface area contributed by atoms with Gasteiger partial charge in [0.2, 0.25) is 0 Å². The Hall–Kier alpha value is -3.13. The van der Waals surface area contributed by atoms with Gasteiger partial charge in [-0.15, -0.1) is 0 Å². The summed E-state index contributed by atoms with van der Waals surface area (Å²) in [5, 5.41) is 0.0837. The largest absolute Gasteiger partial charge is 0.497 e. The molecule has 156 valence electrons. The van der Waals surface area contributed by atoms with Gasteiger partial charge < -0.3 is 14.1 Å². The lowest BCUT2D eigenvalue weighted by atomic mass is 10.1. The molecule has 0 aliphatic carbocycles. The fourth-order valence-corrected chi connectivity index (χ4v) is 5.44. The third-order valence-corrected chi connectivity index (χ3v) is 7.71.